The van der Waals surface area contributed by atoms with E-state index < -0.39 is 5.60 Å². The van der Waals surface area contributed by atoms with E-state index >= 15 is 0 Å². The van der Waals surface area contributed by atoms with Gasteiger partial charge >= 0.3 is 0 Å². The molecule has 7 rings (SSSR count). The number of nitrogens with zero attached hydrogens (tertiary/aromatic N) is 6. The Balaban J connectivity index is 1.19. The number of fused-ring (bicyclic) bond motifs is 3. The summed E-state index contributed by atoms with van der Waals surface area (Å²) >= 11 is 1.60. The second-order valence-electron chi connectivity index (χ2n) is 11.8. The highest BCUT2D eigenvalue weighted by Gasteiger charge is 2.42. The van der Waals surface area contributed by atoms with E-state index in [4.69, 9.17) is 24.7 Å². The Morgan fingerprint density at radius 2 is 1.88 bits per heavy atom. The van der Waals surface area contributed by atoms with Gasteiger partial charge in [-0.05, 0) is 51.8 Å². The molecule has 0 amide bonds. The van der Waals surface area contributed by atoms with Gasteiger partial charge in [-0.25, -0.2) is 15.0 Å². The number of benzene rings is 1. The molecule has 2 atom stereocenters. The Labute approximate surface area is 238 Å². The Morgan fingerprint density at radius 3 is 2.62 bits per heavy atom. The lowest BCUT2D eigenvalue weighted by molar-refractivity contribution is 0.0786. The third kappa shape index (κ3) is 4.94. The second-order valence-corrected chi connectivity index (χ2v) is 12.9. The fourth-order valence-corrected chi connectivity index (χ4v) is 7.06. The lowest BCUT2D eigenvalue weighted by atomic mass is 9.96. The third-order valence-corrected chi connectivity index (χ3v) is 9.55. The van der Waals surface area contributed by atoms with Crippen molar-refractivity contribution in [2.45, 2.75) is 56.7 Å². The van der Waals surface area contributed by atoms with Gasteiger partial charge in [0.25, 0.3) is 0 Å². The van der Waals surface area contributed by atoms with Gasteiger partial charge < -0.3 is 20.1 Å². The average Bonchev–Trinajstić information content (AvgIpc) is 3.67. The molecule has 0 radical (unpaired) electrons. The second kappa shape index (κ2) is 10.0. The topological polar surface area (TPSA) is 99.5 Å². The summed E-state index contributed by atoms with van der Waals surface area (Å²) < 4.78 is 6.64. The predicted molar refractivity (Wildman–Crippen MR) is 158 cm³/mol. The van der Waals surface area contributed by atoms with Crippen molar-refractivity contribution >= 4 is 39.1 Å². The van der Waals surface area contributed by atoms with Crippen molar-refractivity contribution in [3.63, 3.8) is 0 Å². The predicted octanol–water partition coefficient (Wildman–Crippen LogP) is 4.91. The van der Waals surface area contributed by atoms with Gasteiger partial charge in [-0.3, -0.25) is 4.90 Å². The number of piperazine rings is 1. The minimum absolute atomic E-state index is 0.370. The van der Waals surface area contributed by atoms with Crippen LogP contribution in [0.1, 0.15) is 50.3 Å². The molecule has 0 aliphatic carbocycles. The van der Waals surface area contributed by atoms with E-state index in [1.165, 1.54) is 6.42 Å². The number of ether oxygens (including phenoxy) is 1. The van der Waals surface area contributed by atoms with Crippen molar-refractivity contribution in [1.82, 2.24) is 24.8 Å². The molecule has 3 saturated heterocycles. The third-order valence-electron chi connectivity index (χ3n) is 8.49. The molecule has 10 heteroatoms. The van der Waals surface area contributed by atoms with Crippen LogP contribution in [0, 0.1) is 0 Å². The first-order valence-corrected chi connectivity index (χ1v) is 14.9. The number of nitrogens with one attached hydrogen (secondary N) is 1. The van der Waals surface area contributed by atoms with E-state index in [9.17, 15) is 5.11 Å². The van der Waals surface area contributed by atoms with E-state index in [2.05, 4.69) is 28.2 Å². The fourth-order valence-electron chi connectivity index (χ4n) is 6.15. The van der Waals surface area contributed by atoms with Crippen LogP contribution in [0.3, 0.4) is 0 Å². The van der Waals surface area contributed by atoms with Crippen molar-refractivity contribution in [2.75, 3.05) is 43.6 Å². The highest BCUT2D eigenvalue weighted by Crippen LogP contribution is 2.36. The maximum absolute atomic E-state index is 10.5. The van der Waals surface area contributed by atoms with E-state index in [0.29, 0.717) is 23.8 Å². The molecule has 3 aliphatic rings. The Morgan fingerprint density at radius 1 is 1.02 bits per heavy atom. The zero-order chi connectivity index (χ0) is 27.4. The molecule has 2 bridgehead atoms. The molecule has 3 aliphatic heterocycles. The summed E-state index contributed by atoms with van der Waals surface area (Å²) in [4.78, 5) is 24.5. The molecule has 0 unspecified atom stereocenters. The summed E-state index contributed by atoms with van der Waals surface area (Å²) in [6.45, 7) is 7.17. The number of aromatic nitrogens is 4. The minimum Gasteiger partial charge on any atom is -0.386 e. The summed E-state index contributed by atoms with van der Waals surface area (Å²) in [7, 11) is 2.21. The number of rotatable bonds is 6. The summed E-state index contributed by atoms with van der Waals surface area (Å²) in [5.74, 6) is 2.66. The van der Waals surface area contributed by atoms with Crippen LogP contribution in [-0.2, 0) is 10.3 Å². The quantitative estimate of drug-likeness (QED) is 0.343. The number of likely N-dealkylation sites (N-methyl/N-ethyl adjacent to an activating group) is 1. The highest BCUT2D eigenvalue weighted by atomic mass is 32.1. The number of anilines is 3. The number of aliphatic hydroxyl groups is 1. The number of thiazole rings is 1. The maximum Gasteiger partial charge on any atom is 0.227 e. The van der Waals surface area contributed by atoms with Gasteiger partial charge in [0.05, 0.1) is 21.5 Å². The Bertz CT molecular complexity index is 1540. The lowest BCUT2D eigenvalue weighted by Crippen LogP contribution is -2.45. The van der Waals surface area contributed by atoms with Gasteiger partial charge in [0.15, 0.2) is 0 Å². The van der Waals surface area contributed by atoms with E-state index in [1.54, 1.807) is 25.2 Å². The molecule has 40 heavy (non-hydrogen) atoms. The Hall–Kier alpha value is -3.18. The molecule has 4 aromatic rings. The minimum atomic E-state index is -0.907. The van der Waals surface area contributed by atoms with Crippen molar-refractivity contribution in [1.29, 1.82) is 0 Å². The lowest BCUT2D eigenvalue weighted by Gasteiger charge is -2.32. The maximum atomic E-state index is 10.5. The van der Waals surface area contributed by atoms with Crippen LogP contribution in [0.15, 0.2) is 42.6 Å². The highest BCUT2D eigenvalue weighted by molar-refractivity contribution is 7.21. The molecule has 3 fully saturated rings. The fraction of sp³-hybridized carbons (Fsp3) is 0.467. The molecule has 208 valence electrons. The van der Waals surface area contributed by atoms with Crippen molar-refractivity contribution in [3.05, 3.63) is 53.9 Å². The average molecular weight is 558 g/mol. The molecule has 9 nitrogen and oxygen atoms in total. The molecular weight excluding hydrogens is 522 g/mol. The van der Waals surface area contributed by atoms with Gasteiger partial charge in [0.1, 0.15) is 16.6 Å². The normalized spacial score (nSPS) is 21.9. The van der Waals surface area contributed by atoms with Crippen molar-refractivity contribution < 1.29 is 9.84 Å². The van der Waals surface area contributed by atoms with Gasteiger partial charge in [0.2, 0.25) is 5.95 Å². The molecule has 3 aromatic heterocycles. The molecule has 1 aromatic carbocycles. The van der Waals surface area contributed by atoms with E-state index in [1.807, 2.05) is 36.5 Å². The first-order chi connectivity index (χ1) is 19.3. The number of hydrogen-bond donors (Lipinski definition) is 2. The molecular formula is C30H35N7O2S. The van der Waals surface area contributed by atoms with Crippen LogP contribution >= 0.6 is 11.3 Å². The zero-order valence-corrected chi connectivity index (χ0v) is 24.0. The molecule has 6 heterocycles. The summed E-state index contributed by atoms with van der Waals surface area (Å²) in [5, 5.41) is 14.8. The van der Waals surface area contributed by atoms with Crippen LogP contribution < -0.4 is 10.2 Å². The van der Waals surface area contributed by atoms with E-state index in [-0.39, 0.29) is 0 Å². The van der Waals surface area contributed by atoms with Crippen molar-refractivity contribution in [3.8, 4) is 10.6 Å². The van der Waals surface area contributed by atoms with Gasteiger partial charge in [-0.15, -0.1) is 11.3 Å². The van der Waals surface area contributed by atoms with Crippen LogP contribution in [0.2, 0.25) is 0 Å². The molecule has 0 spiro atoms. The van der Waals surface area contributed by atoms with Crippen LogP contribution in [0.5, 0.6) is 0 Å². The summed E-state index contributed by atoms with van der Waals surface area (Å²) in [5.41, 5.74) is 2.90. The molecule has 0 saturated carbocycles. The number of likely N-dealkylation sites (tertiary alicyclic amines) is 1. The summed E-state index contributed by atoms with van der Waals surface area (Å²) in [6.07, 6.45) is 5.00. The zero-order valence-electron chi connectivity index (χ0n) is 23.2. The van der Waals surface area contributed by atoms with Gasteiger partial charge in [-0.2, -0.15) is 4.98 Å². The monoisotopic (exact) mass is 557 g/mol. The van der Waals surface area contributed by atoms with Crippen LogP contribution in [-0.4, -0.2) is 75.4 Å². The first-order valence-electron chi connectivity index (χ1n) is 14.1. The first kappa shape index (κ1) is 25.8. The standard InChI is InChI=1S/C30H35N7O2S/c1-30(2,38)20-6-4-5-19(11-20)28-32-24-14-26(31-15-25(24)40-28)34-27-13-23(18-7-9-39-10-8-18)33-29(35-27)37-17-21-12-22(37)16-36(21)3/h4-6,11,13-15,18,21-22,38H,7-10,12,16-17H2,1-3H3,(H,31,33,34,35)/t21-,22-/m0/s1. The molecule has 2 N–H and O–H groups in total. The van der Waals surface area contributed by atoms with Crippen molar-refractivity contribution in [2.24, 2.45) is 0 Å². The van der Waals surface area contributed by atoms with Crippen LogP contribution in [0.25, 0.3) is 20.8 Å². The smallest absolute Gasteiger partial charge is 0.227 e. The van der Waals surface area contributed by atoms with Crippen LogP contribution in [0.4, 0.5) is 17.6 Å². The van der Waals surface area contributed by atoms with E-state index in [0.717, 1.165) is 83.0 Å². The van der Waals surface area contributed by atoms with Gasteiger partial charge in [0, 0.05) is 68.2 Å². The number of pyridine rings is 1. The Kier molecular flexibility index (Phi) is 6.46. The summed E-state index contributed by atoms with van der Waals surface area (Å²) in [6, 6.07) is 13.0. The number of hydrogen-bond acceptors (Lipinski definition) is 10. The SMILES string of the molecule is CN1C[C@@H]2C[C@H]1CN2c1nc(Nc2cc3nc(-c4cccc(C(C)(C)O)c4)sc3cn2)cc(C2CCOCC2)n1. The van der Waals surface area contributed by atoms with Gasteiger partial charge in [-0.1, -0.05) is 18.2 Å². The largest absolute Gasteiger partial charge is 0.386 e.